The van der Waals surface area contributed by atoms with E-state index in [1.807, 2.05) is 54.6 Å². The first-order valence-electron chi connectivity index (χ1n) is 20.0. The van der Waals surface area contributed by atoms with Gasteiger partial charge in [-0.15, -0.1) is 0 Å². The lowest BCUT2D eigenvalue weighted by atomic mass is 9.80. The molecule has 0 atom stereocenters. The van der Waals surface area contributed by atoms with E-state index in [0.717, 1.165) is 29.5 Å². The molecule has 7 nitrogen and oxygen atoms in total. The molecule has 52 heavy (non-hydrogen) atoms. The Morgan fingerprint density at radius 2 is 0.750 bits per heavy atom. The van der Waals surface area contributed by atoms with Crippen LogP contribution in [0.3, 0.4) is 0 Å². The molecule has 3 aromatic rings. The number of carbonyl (C=O) groups excluding carboxylic acids is 1. The number of carbonyl (C=O) groups is 1. The maximum absolute atomic E-state index is 11.9. The van der Waals surface area contributed by atoms with Gasteiger partial charge in [-0.05, 0) is 23.1 Å². The van der Waals surface area contributed by atoms with Gasteiger partial charge in [-0.25, -0.2) is 0 Å². The van der Waals surface area contributed by atoms with E-state index in [4.69, 9.17) is 28.4 Å². The Hall–Kier alpha value is -3.07. The fraction of sp³-hybridized carbons (Fsp3) is 0.578. The normalized spacial score (nSPS) is 11.6. The number of rotatable bonds is 33. The maximum atomic E-state index is 11.9. The predicted molar refractivity (Wildman–Crippen MR) is 210 cm³/mol. The van der Waals surface area contributed by atoms with Crippen LogP contribution in [0.5, 0.6) is 0 Å². The van der Waals surface area contributed by atoms with E-state index >= 15 is 0 Å². The van der Waals surface area contributed by atoms with Crippen LogP contribution in [0.15, 0.2) is 91.0 Å². The van der Waals surface area contributed by atoms with Crippen LogP contribution in [0.4, 0.5) is 0 Å². The Balaban J connectivity index is 1.12. The van der Waals surface area contributed by atoms with Crippen molar-refractivity contribution in [2.24, 2.45) is 0 Å². The molecule has 0 radical (unpaired) electrons. The lowest BCUT2D eigenvalue weighted by molar-refractivity contribution is -0.145. The van der Waals surface area contributed by atoms with Gasteiger partial charge in [0.1, 0.15) is 12.2 Å². The first-order valence-corrected chi connectivity index (χ1v) is 20.0. The monoisotopic (exact) mass is 718 g/mol. The fourth-order valence-electron chi connectivity index (χ4n) is 6.36. The smallest absolute Gasteiger partial charge is 0.305 e. The molecular formula is C45H66O7. The number of ether oxygens (including phenoxy) is 6. The molecule has 0 aromatic heterocycles. The Morgan fingerprint density at radius 1 is 0.423 bits per heavy atom. The molecule has 0 aliphatic rings. The molecule has 0 aliphatic heterocycles. The van der Waals surface area contributed by atoms with E-state index in [1.54, 1.807) is 0 Å². The van der Waals surface area contributed by atoms with Gasteiger partial charge < -0.3 is 28.4 Å². The minimum absolute atomic E-state index is 0.128. The second-order valence-electron chi connectivity index (χ2n) is 13.3. The largest absolute Gasteiger partial charge is 0.463 e. The zero-order valence-corrected chi connectivity index (χ0v) is 32.0. The summed E-state index contributed by atoms with van der Waals surface area (Å²) in [6, 6.07) is 31.0. The number of benzene rings is 3. The van der Waals surface area contributed by atoms with Gasteiger partial charge in [-0.2, -0.15) is 0 Å². The van der Waals surface area contributed by atoms with Crippen LogP contribution < -0.4 is 0 Å². The van der Waals surface area contributed by atoms with Crippen molar-refractivity contribution in [3.05, 3.63) is 108 Å². The van der Waals surface area contributed by atoms with Gasteiger partial charge in [-0.1, -0.05) is 175 Å². The number of unbranched alkanes of at least 4 members (excludes halogenated alkanes) is 12. The minimum atomic E-state index is -0.749. The van der Waals surface area contributed by atoms with E-state index in [9.17, 15) is 4.79 Å². The molecular weight excluding hydrogens is 652 g/mol. The molecule has 288 valence electrons. The lowest BCUT2D eigenvalue weighted by Gasteiger charge is -2.36. The summed E-state index contributed by atoms with van der Waals surface area (Å²) in [5.74, 6) is -0.128. The fourth-order valence-corrected chi connectivity index (χ4v) is 6.36. The summed E-state index contributed by atoms with van der Waals surface area (Å²) in [4.78, 5) is 11.9. The second kappa shape index (κ2) is 29.4. The van der Waals surface area contributed by atoms with E-state index in [1.165, 1.54) is 70.6 Å². The van der Waals surface area contributed by atoms with Crippen LogP contribution in [0.2, 0.25) is 0 Å². The molecule has 0 amide bonds. The summed E-state index contributed by atoms with van der Waals surface area (Å²) in [6.45, 7) is 6.64. The van der Waals surface area contributed by atoms with E-state index in [-0.39, 0.29) is 12.6 Å². The maximum Gasteiger partial charge on any atom is 0.305 e. The lowest BCUT2D eigenvalue weighted by Crippen LogP contribution is -2.34. The number of hydrogen-bond donors (Lipinski definition) is 0. The molecule has 0 aliphatic carbocycles. The average Bonchev–Trinajstić information content (AvgIpc) is 3.19. The van der Waals surface area contributed by atoms with Gasteiger partial charge in [0.25, 0.3) is 0 Å². The molecule has 0 N–H and O–H groups in total. The molecule has 0 unspecified atom stereocenters. The molecule has 0 bridgehead atoms. The molecule has 0 heterocycles. The van der Waals surface area contributed by atoms with Crippen LogP contribution in [-0.2, 0) is 38.8 Å². The topological polar surface area (TPSA) is 72.5 Å². The highest BCUT2D eigenvalue weighted by Gasteiger charge is 2.37. The van der Waals surface area contributed by atoms with E-state index < -0.39 is 5.60 Å². The van der Waals surface area contributed by atoms with Crippen LogP contribution in [-0.4, -0.2) is 72.0 Å². The molecule has 3 rings (SSSR count). The van der Waals surface area contributed by atoms with Crippen molar-refractivity contribution < 1.29 is 33.2 Å². The number of esters is 1. The van der Waals surface area contributed by atoms with Crippen LogP contribution in [0.25, 0.3) is 0 Å². The quantitative estimate of drug-likeness (QED) is 0.0353. The highest BCUT2D eigenvalue weighted by atomic mass is 16.6. The Morgan fingerprint density at radius 3 is 1.13 bits per heavy atom. The van der Waals surface area contributed by atoms with E-state index in [0.29, 0.717) is 65.9 Å². The van der Waals surface area contributed by atoms with Crippen molar-refractivity contribution in [3.8, 4) is 0 Å². The van der Waals surface area contributed by atoms with Crippen LogP contribution in [0, 0.1) is 0 Å². The summed E-state index contributed by atoms with van der Waals surface area (Å²) in [5, 5.41) is 0. The highest BCUT2D eigenvalue weighted by Crippen LogP contribution is 2.40. The first kappa shape index (κ1) is 43.3. The Labute approximate surface area is 314 Å². The minimum Gasteiger partial charge on any atom is -0.463 e. The zero-order valence-electron chi connectivity index (χ0n) is 32.0. The Kier molecular flexibility index (Phi) is 24.5. The van der Waals surface area contributed by atoms with Gasteiger partial charge in [-0.3, -0.25) is 4.79 Å². The molecule has 0 fully saturated rings. The van der Waals surface area contributed by atoms with Gasteiger partial charge in [0.05, 0.1) is 59.5 Å². The van der Waals surface area contributed by atoms with Crippen LogP contribution >= 0.6 is 0 Å². The predicted octanol–water partition coefficient (Wildman–Crippen LogP) is 10.1. The number of hydrogen-bond acceptors (Lipinski definition) is 7. The average molecular weight is 719 g/mol. The SMILES string of the molecule is CCCCCCCCCCCCCCCC(=O)OCCOCCOCCOCCOCCOC(c1ccccc1)(c1ccccc1)c1ccccc1. The second-order valence-corrected chi connectivity index (χ2v) is 13.3. The van der Waals surface area contributed by atoms with Crippen LogP contribution in [0.1, 0.15) is 114 Å². The van der Waals surface area contributed by atoms with Gasteiger partial charge in [0.15, 0.2) is 0 Å². The molecule has 3 aromatic carbocycles. The third kappa shape index (κ3) is 18.1. The summed E-state index contributed by atoms with van der Waals surface area (Å²) >= 11 is 0. The van der Waals surface area contributed by atoms with Gasteiger partial charge in [0, 0.05) is 6.42 Å². The molecule has 0 saturated heterocycles. The third-order valence-corrected chi connectivity index (χ3v) is 9.18. The first-order chi connectivity index (χ1) is 25.8. The van der Waals surface area contributed by atoms with Crippen molar-refractivity contribution in [2.75, 3.05) is 66.1 Å². The molecule has 0 saturated carbocycles. The van der Waals surface area contributed by atoms with Crippen molar-refractivity contribution in [3.63, 3.8) is 0 Å². The summed E-state index contributed by atoms with van der Waals surface area (Å²) in [5.41, 5.74) is 2.46. The standard InChI is InChI=1S/C45H66O7/c1-2-3-4-5-6-7-8-9-10-11-12-13-23-30-44(46)51-39-37-49-35-33-47-31-32-48-34-36-50-38-40-52-45(41-24-17-14-18-25-41,42-26-19-15-20-27-42)43-28-21-16-22-29-43/h14-22,24-29H,2-13,23,30-40H2,1H3. The molecule has 0 spiro atoms. The van der Waals surface area contributed by atoms with Gasteiger partial charge >= 0.3 is 5.97 Å². The van der Waals surface area contributed by atoms with Crippen molar-refractivity contribution >= 4 is 5.97 Å². The van der Waals surface area contributed by atoms with Crippen molar-refractivity contribution in [2.45, 2.75) is 102 Å². The zero-order chi connectivity index (χ0) is 36.6. The summed E-state index contributed by atoms with van der Waals surface area (Å²) in [6.07, 6.45) is 17.3. The third-order valence-electron chi connectivity index (χ3n) is 9.18. The van der Waals surface area contributed by atoms with E-state index in [2.05, 4.69) is 43.3 Å². The van der Waals surface area contributed by atoms with Crippen molar-refractivity contribution in [1.29, 1.82) is 0 Å². The highest BCUT2D eigenvalue weighted by molar-refractivity contribution is 5.69. The Bertz CT molecular complexity index is 1140. The van der Waals surface area contributed by atoms with Gasteiger partial charge in [0.2, 0.25) is 0 Å². The van der Waals surface area contributed by atoms with Crippen molar-refractivity contribution in [1.82, 2.24) is 0 Å². The molecule has 7 heteroatoms. The summed E-state index contributed by atoms with van der Waals surface area (Å²) < 4.78 is 34.6. The summed E-state index contributed by atoms with van der Waals surface area (Å²) in [7, 11) is 0.